The molecule has 0 saturated heterocycles. The van der Waals surface area contributed by atoms with Gasteiger partial charge in [0.25, 0.3) is 0 Å². The van der Waals surface area contributed by atoms with Crippen LogP contribution in [-0.2, 0) is 6.54 Å². The van der Waals surface area contributed by atoms with Gasteiger partial charge in [0.05, 0.1) is 19.3 Å². The van der Waals surface area contributed by atoms with Crippen molar-refractivity contribution in [2.75, 3.05) is 7.11 Å². The van der Waals surface area contributed by atoms with Gasteiger partial charge < -0.3 is 4.74 Å². The molecule has 108 valence electrons. The van der Waals surface area contributed by atoms with E-state index in [1.54, 1.807) is 13.3 Å². The molecule has 3 N–H and O–H groups in total. The van der Waals surface area contributed by atoms with E-state index in [0.717, 1.165) is 30.0 Å². The second kappa shape index (κ2) is 7.05. The van der Waals surface area contributed by atoms with Gasteiger partial charge in [0.15, 0.2) is 5.75 Å². The molecule has 2 rings (SSSR count). The molecule has 0 bridgehead atoms. The lowest BCUT2D eigenvalue weighted by molar-refractivity contribution is 0.398. The maximum atomic E-state index is 5.77. The van der Waals surface area contributed by atoms with Crippen LogP contribution in [0.4, 0.5) is 0 Å². The number of rotatable bonds is 6. The molecule has 0 aliphatic rings. The summed E-state index contributed by atoms with van der Waals surface area (Å²) in [5.74, 6) is 6.52. The molecule has 0 aliphatic heterocycles. The molecule has 0 amide bonds. The number of nitrogens with one attached hydrogen (secondary N) is 1. The average molecular weight is 386 g/mol. The number of nitrogens with zero attached hydrogens (tertiary/aromatic N) is 2. The maximum absolute atomic E-state index is 5.77. The predicted molar refractivity (Wildman–Crippen MR) is 87.4 cm³/mol. The minimum absolute atomic E-state index is 0.143. The maximum Gasteiger partial charge on any atom is 0.161 e. The average Bonchev–Trinajstić information content (AvgIpc) is 2.85. The molecule has 1 heterocycles. The first-order valence-corrected chi connectivity index (χ1v) is 7.60. The molecule has 0 saturated carbocycles. The highest BCUT2D eigenvalue weighted by Gasteiger charge is 2.22. The number of benzene rings is 1. The molecule has 6 heteroatoms. The van der Waals surface area contributed by atoms with Gasteiger partial charge in [0.1, 0.15) is 5.69 Å². The number of methoxy groups -OCH3 is 1. The number of hydrogen-bond acceptors (Lipinski definition) is 4. The third kappa shape index (κ3) is 3.13. The highest BCUT2D eigenvalue weighted by molar-refractivity contribution is 14.1. The quantitative estimate of drug-likeness (QED) is 0.455. The fourth-order valence-corrected chi connectivity index (χ4v) is 2.56. The Balaban J connectivity index is 2.44. The number of aryl methyl sites for hydroxylation is 1. The van der Waals surface area contributed by atoms with Gasteiger partial charge in [-0.25, -0.2) is 5.43 Å². The van der Waals surface area contributed by atoms with Crippen LogP contribution in [-0.4, -0.2) is 16.9 Å². The Bertz CT molecular complexity index is 553. The molecule has 5 nitrogen and oxygen atoms in total. The van der Waals surface area contributed by atoms with E-state index < -0.39 is 0 Å². The van der Waals surface area contributed by atoms with Gasteiger partial charge in [-0.05, 0) is 46.7 Å². The van der Waals surface area contributed by atoms with Gasteiger partial charge in [-0.2, -0.15) is 5.10 Å². The first-order valence-electron chi connectivity index (χ1n) is 6.52. The van der Waals surface area contributed by atoms with Crippen LogP contribution in [0.25, 0.3) is 0 Å². The third-order valence-corrected chi connectivity index (χ3v) is 3.86. The molecule has 0 aliphatic carbocycles. The lowest BCUT2D eigenvalue weighted by atomic mass is 10.0. The first kappa shape index (κ1) is 15.3. The van der Waals surface area contributed by atoms with Crippen LogP contribution >= 0.6 is 22.6 Å². The molecular formula is C14H19IN4O. The first-order chi connectivity index (χ1) is 9.71. The molecule has 20 heavy (non-hydrogen) atoms. The second-order valence-electron chi connectivity index (χ2n) is 4.47. The molecule has 0 fully saturated rings. The van der Waals surface area contributed by atoms with Crippen molar-refractivity contribution in [2.45, 2.75) is 25.9 Å². The van der Waals surface area contributed by atoms with E-state index >= 15 is 0 Å². The Kier molecular flexibility index (Phi) is 5.38. The summed E-state index contributed by atoms with van der Waals surface area (Å²) in [6.45, 7) is 2.95. The number of ether oxygens (including phenoxy) is 1. The Morgan fingerprint density at radius 2 is 2.10 bits per heavy atom. The molecule has 1 aromatic carbocycles. The topological polar surface area (TPSA) is 65.1 Å². The summed E-state index contributed by atoms with van der Waals surface area (Å²) in [6.07, 6.45) is 2.74. The van der Waals surface area contributed by atoms with E-state index in [1.165, 1.54) is 3.57 Å². The van der Waals surface area contributed by atoms with Crippen LogP contribution in [0.15, 0.2) is 30.5 Å². The molecule has 1 unspecified atom stereocenters. The Hall–Kier alpha value is -1.12. The van der Waals surface area contributed by atoms with E-state index in [-0.39, 0.29) is 6.04 Å². The summed E-state index contributed by atoms with van der Waals surface area (Å²) in [6, 6.07) is 8.11. The van der Waals surface area contributed by atoms with E-state index in [9.17, 15) is 0 Å². The summed E-state index contributed by atoms with van der Waals surface area (Å²) < 4.78 is 8.56. The van der Waals surface area contributed by atoms with Gasteiger partial charge in [0, 0.05) is 10.1 Å². The second-order valence-corrected chi connectivity index (χ2v) is 5.72. The lowest BCUT2D eigenvalue weighted by Gasteiger charge is -2.19. The zero-order valence-corrected chi connectivity index (χ0v) is 13.8. The van der Waals surface area contributed by atoms with Crippen molar-refractivity contribution in [2.24, 2.45) is 5.84 Å². The van der Waals surface area contributed by atoms with Gasteiger partial charge in [0.2, 0.25) is 0 Å². The third-order valence-electron chi connectivity index (χ3n) is 3.14. The number of halogens is 1. The minimum atomic E-state index is -0.143. The molecule has 1 aromatic heterocycles. The van der Waals surface area contributed by atoms with Crippen molar-refractivity contribution >= 4 is 22.6 Å². The van der Waals surface area contributed by atoms with E-state index in [1.807, 2.05) is 4.68 Å². The largest absolute Gasteiger partial charge is 0.493 e. The molecular weight excluding hydrogens is 367 g/mol. The highest BCUT2D eigenvalue weighted by Crippen LogP contribution is 2.30. The normalized spacial score (nSPS) is 12.4. The lowest BCUT2D eigenvalue weighted by Crippen LogP contribution is -2.31. The Labute approximate surface area is 132 Å². The van der Waals surface area contributed by atoms with Crippen LogP contribution < -0.4 is 16.0 Å². The van der Waals surface area contributed by atoms with Crippen molar-refractivity contribution in [1.82, 2.24) is 15.2 Å². The highest BCUT2D eigenvalue weighted by atomic mass is 127. The van der Waals surface area contributed by atoms with Gasteiger partial charge in [-0.1, -0.05) is 19.1 Å². The van der Waals surface area contributed by atoms with Crippen LogP contribution in [0.5, 0.6) is 5.75 Å². The summed E-state index contributed by atoms with van der Waals surface area (Å²) in [4.78, 5) is 0. The Morgan fingerprint density at radius 3 is 2.65 bits per heavy atom. The SMILES string of the molecule is CCCn1ncc(OC)c1C(NN)c1ccc(I)cc1. The number of aromatic nitrogens is 2. The van der Waals surface area contributed by atoms with Gasteiger partial charge >= 0.3 is 0 Å². The number of hydrogen-bond donors (Lipinski definition) is 2. The van der Waals surface area contributed by atoms with E-state index in [0.29, 0.717) is 0 Å². The fraction of sp³-hybridized carbons (Fsp3) is 0.357. The van der Waals surface area contributed by atoms with Crippen molar-refractivity contribution < 1.29 is 4.74 Å². The summed E-state index contributed by atoms with van der Waals surface area (Å²) >= 11 is 2.29. The van der Waals surface area contributed by atoms with Crippen LogP contribution in [0, 0.1) is 3.57 Å². The standard InChI is InChI=1S/C14H19IN4O/c1-3-8-19-14(12(20-2)9-17-19)13(18-16)10-4-6-11(15)7-5-10/h4-7,9,13,18H,3,8,16H2,1-2H3. The van der Waals surface area contributed by atoms with Gasteiger partial charge in [-0.3, -0.25) is 10.5 Å². The monoisotopic (exact) mass is 386 g/mol. The molecule has 0 radical (unpaired) electrons. The zero-order chi connectivity index (χ0) is 14.5. The number of hydrazine groups is 1. The van der Waals surface area contributed by atoms with E-state index in [2.05, 4.69) is 64.3 Å². The molecule has 2 aromatic rings. The molecule has 1 atom stereocenters. The van der Waals surface area contributed by atoms with Crippen LogP contribution in [0.3, 0.4) is 0 Å². The van der Waals surface area contributed by atoms with Crippen molar-refractivity contribution in [3.63, 3.8) is 0 Å². The predicted octanol–water partition coefficient (Wildman–Crippen LogP) is 2.46. The molecule has 0 spiro atoms. The van der Waals surface area contributed by atoms with Crippen molar-refractivity contribution in [3.05, 3.63) is 45.3 Å². The Morgan fingerprint density at radius 1 is 1.40 bits per heavy atom. The van der Waals surface area contributed by atoms with Crippen LogP contribution in [0.1, 0.15) is 30.6 Å². The van der Waals surface area contributed by atoms with E-state index in [4.69, 9.17) is 10.6 Å². The van der Waals surface area contributed by atoms with Crippen molar-refractivity contribution in [1.29, 1.82) is 0 Å². The summed E-state index contributed by atoms with van der Waals surface area (Å²) in [5.41, 5.74) is 4.91. The summed E-state index contributed by atoms with van der Waals surface area (Å²) in [5, 5.41) is 4.38. The minimum Gasteiger partial charge on any atom is -0.493 e. The van der Waals surface area contributed by atoms with Crippen LogP contribution in [0.2, 0.25) is 0 Å². The number of nitrogens with two attached hydrogens (primary N) is 1. The smallest absolute Gasteiger partial charge is 0.161 e. The fourth-order valence-electron chi connectivity index (χ4n) is 2.20. The van der Waals surface area contributed by atoms with Gasteiger partial charge in [-0.15, -0.1) is 0 Å². The van der Waals surface area contributed by atoms with Crippen molar-refractivity contribution in [3.8, 4) is 5.75 Å². The zero-order valence-electron chi connectivity index (χ0n) is 11.6. The summed E-state index contributed by atoms with van der Waals surface area (Å²) in [7, 11) is 1.65.